The minimum atomic E-state index is -3.57. The van der Waals surface area contributed by atoms with Crippen LogP contribution in [0.2, 0.25) is 0 Å². The van der Waals surface area contributed by atoms with E-state index in [2.05, 4.69) is 4.98 Å². The van der Waals surface area contributed by atoms with Gasteiger partial charge in [0.15, 0.2) is 9.84 Å². The highest BCUT2D eigenvalue weighted by Crippen LogP contribution is 2.20. The van der Waals surface area contributed by atoms with Gasteiger partial charge in [0, 0.05) is 11.1 Å². The Labute approximate surface area is 114 Å². The number of carboxylic acid groups (broad SMARTS) is 1. The molecule has 0 saturated carbocycles. The van der Waals surface area contributed by atoms with E-state index in [0.29, 0.717) is 5.01 Å². The lowest BCUT2D eigenvalue weighted by molar-refractivity contribution is 0.0696. The van der Waals surface area contributed by atoms with Crippen molar-refractivity contribution >= 4 is 27.1 Å². The van der Waals surface area contributed by atoms with Crippen LogP contribution in [-0.2, 0) is 15.6 Å². The molecule has 0 aliphatic heterocycles. The molecular weight excluding hydrogens is 286 g/mol. The Morgan fingerprint density at radius 3 is 2.74 bits per heavy atom. The number of aryl methyl sites for hydroxylation is 1. The Morgan fingerprint density at radius 2 is 2.16 bits per heavy atom. The van der Waals surface area contributed by atoms with Crippen molar-refractivity contribution in [2.24, 2.45) is 0 Å². The van der Waals surface area contributed by atoms with E-state index in [-0.39, 0.29) is 16.2 Å². The maximum absolute atomic E-state index is 12.2. The van der Waals surface area contributed by atoms with Crippen LogP contribution in [0.1, 0.15) is 21.1 Å². The average Bonchev–Trinajstić information content (AvgIpc) is 2.74. The van der Waals surface area contributed by atoms with Crippen molar-refractivity contribution in [2.75, 3.05) is 0 Å². The third kappa shape index (κ3) is 3.18. The summed E-state index contributed by atoms with van der Waals surface area (Å²) in [4.78, 5) is 14.9. The summed E-state index contributed by atoms with van der Waals surface area (Å²) in [5.41, 5.74) is 0.728. The van der Waals surface area contributed by atoms with E-state index in [1.165, 1.54) is 29.5 Å². The van der Waals surface area contributed by atoms with Crippen molar-refractivity contribution in [3.63, 3.8) is 0 Å². The molecule has 0 aliphatic rings. The molecule has 100 valence electrons. The molecule has 0 unspecified atom stereocenters. The van der Waals surface area contributed by atoms with Crippen molar-refractivity contribution in [1.82, 2.24) is 4.98 Å². The van der Waals surface area contributed by atoms with Gasteiger partial charge in [-0.05, 0) is 25.1 Å². The van der Waals surface area contributed by atoms with Gasteiger partial charge in [-0.25, -0.2) is 18.2 Å². The number of sulfone groups is 1. The minimum Gasteiger partial charge on any atom is -0.478 e. The van der Waals surface area contributed by atoms with Gasteiger partial charge in [0.25, 0.3) is 0 Å². The molecule has 0 radical (unpaired) electrons. The van der Waals surface area contributed by atoms with Gasteiger partial charge >= 0.3 is 5.97 Å². The fourth-order valence-electron chi connectivity index (χ4n) is 1.54. The maximum atomic E-state index is 12.2. The molecule has 1 heterocycles. The van der Waals surface area contributed by atoms with Crippen LogP contribution < -0.4 is 0 Å². The standard InChI is InChI=1S/C12H11NO4S2/c1-8-6-18-11(13-8)7-19(16,17)10-4-2-3-9(5-10)12(14)15/h2-6H,7H2,1H3,(H,14,15). The van der Waals surface area contributed by atoms with Crippen LogP contribution in [0, 0.1) is 6.92 Å². The molecule has 0 aliphatic carbocycles. The van der Waals surface area contributed by atoms with Gasteiger partial charge in [-0.15, -0.1) is 11.3 Å². The summed E-state index contributed by atoms with van der Waals surface area (Å²) >= 11 is 1.27. The summed E-state index contributed by atoms with van der Waals surface area (Å²) in [7, 11) is -3.57. The summed E-state index contributed by atoms with van der Waals surface area (Å²) in [5.74, 6) is -1.36. The van der Waals surface area contributed by atoms with Crippen LogP contribution in [0.4, 0.5) is 0 Å². The Hall–Kier alpha value is -1.73. The Bertz CT molecular complexity index is 719. The number of thiazole rings is 1. The lowest BCUT2D eigenvalue weighted by atomic mass is 10.2. The highest BCUT2D eigenvalue weighted by Gasteiger charge is 2.18. The summed E-state index contributed by atoms with van der Waals surface area (Å²) in [6.07, 6.45) is 0. The topological polar surface area (TPSA) is 84.3 Å². The molecule has 0 saturated heterocycles. The second-order valence-corrected chi connectivity index (χ2v) is 6.91. The number of benzene rings is 1. The molecule has 1 aromatic heterocycles. The number of aromatic carboxylic acids is 1. The van der Waals surface area contributed by atoms with Crippen LogP contribution in [0.25, 0.3) is 0 Å². The number of hydrogen-bond acceptors (Lipinski definition) is 5. The van der Waals surface area contributed by atoms with E-state index >= 15 is 0 Å². The molecule has 19 heavy (non-hydrogen) atoms. The fraction of sp³-hybridized carbons (Fsp3) is 0.167. The Kier molecular flexibility index (Phi) is 3.68. The van der Waals surface area contributed by atoms with Gasteiger partial charge in [0.05, 0.1) is 10.5 Å². The zero-order valence-corrected chi connectivity index (χ0v) is 11.7. The molecule has 2 rings (SSSR count). The quantitative estimate of drug-likeness (QED) is 0.934. The third-order valence-corrected chi connectivity index (χ3v) is 5.20. The summed E-state index contributed by atoms with van der Waals surface area (Å²) < 4.78 is 24.3. The molecule has 0 bridgehead atoms. The first kappa shape index (κ1) is 13.7. The van der Waals surface area contributed by atoms with Crippen molar-refractivity contribution in [3.05, 3.63) is 45.9 Å². The zero-order chi connectivity index (χ0) is 14.0. The van der Waals surface area contributed by atoms with Gasteiger partial charge in [-0.1, -0.05) is 6.07 Å². The summed E-state index contributed by atoms with van der Waals surface area (Å²) in [6, 6.07) is 5.33. The SMILES string of the molecule is Cc1csc(CS(=O)(=O)c2cccc(C(=O)O)c2)n1. The molecular formula is C12H11NO4S2. The van der Waals surface area contributed by atoms with Crippen LogP contribution >= 0.6 is 11.3 Å². The van der Waals surface area contributed by atoms with Crippen LogP contribution in [0.5, 0.6) is 0 Å². The van der Waals surface area contributed by atoms with Gasteiger partial charge in [-0.2, -0.15) is 0 Å². The molecule has 0 fully saturated rings. The number of hydrogen-bond donors (Lipinski definition) is 1. The van der Waals surface area contributed by atoms with E-state index in [9.17, 15) is 13.2 Å². The molecule has 1 N–H and O–H groups in total. The number of aromatic nitrogens is 1. The highest BCUT2D eigenvalue weighted by molar-refractivity contribution is 7.90. The zero-order valence-electron chi connectivity index (χ0n) is 10.0. The number of nitrogens with zero attached hydrogens (tertiary/aromatic N) is 1. The van der Waals surface area contributed by atoms with Crippen molar-refractivity contribution < 1.29 is 18.3 Å². The summed E-state index contributed by atoms with van der Waals surface area (Å²) in [6.45, 7) is 1.79. The van der Waals surface area contributed by atoms with E-state index in [4.69, 9.17) is 5.11 Å². The Balaban J connectivity index is 2.34. The van der Waals surface area contributed by atoms with Crippen molar-refractivity contribution in [2.45, 2.75) is 17.6 Å². The predicted molar refractivity (Wildman–Crippen MR) is 71.1 cm³/mol. The third-order valence-electron chi connectivity index (χ3n) is 2.42. The molecule has 7 heteroatoms. The van der Waals surface area contributed by atoms with E-state index < -0.39 is 15.8 Å². The van der Waals surface area contributed by atoms with E-state index in [1.807, 2.05) is 0 Å². The van der Waals surface area contributed by atoms with Crippen molar-refractivity contribution in [1.29, 1.82) is 0 Å². The van der Waals surface area contributed by atoms with Crippen molar-refractivity contribution in [3.8, 4) is 0 Å². The van der Waals surface area contributed by atoms with Gasteiger partial charge < -0.3 is 5.11 Å². The van der Waals surface area contributed by atoms with Gasteiger partial charge in [-0.3, -0.25) is 0 Å². The first-order valence-corrected chi connectivity index (χ1v) is 7.89. The molecule has 1 aromatic carbocycles. The van der Waals surface area contributed by atoms with Gasteiger partial charge in [0.1, 0.15) is 10.8 Å². The number of carboxylic acids is 1. The average molecular weight is 297 g/mol. The fourth-order valence-corrected chi connectivity index (χ4v) is 3.98. The molecule has 5 nitrogen and oxygen atoms in total. The molecule has 0 spiro atoms. The first-order chi connectivity index (χ1) is 8.88. The smallest absolute Gasteiger partial charge is 0.335 e. The molecule has 2 aromatic rings. The lowest BCUT2D eigenvalue weighted by Gasteiger charge is -2.03. The predicted octanol–water partition coefficient (Wildman–Crippen LogP) is 2.12. The van der Waals surface area contributed by atoms with Crippen LogP contribution in [-0.4, -0.2) is 24.5 Å². The summed E-state index contributed by atoms with van der Waals surface area (Å²) in [5, 5.41) is 11.1. The van der Waals surface area contributed by atoms with E-state index in [0.717, 1.165) is 11.8 Å². The first-order valence-electron chi connectivity index (χ1n) is 5.35. The lowest BCUT2D eigenvalue weighted by Crippen LogP contribution is -2.06. The molecule has 0 atom stereocenters. The van der Waals surface area contributed by atoms with Gasteiger partial charge in [0.2, 0.25) is 0 Å². The van der Waals surface area contributed by atoms with Crippen LogP contribution in [0.15, 0.2) is 34.5 Å². The normalized spacial score (nSPS) is 11.4. The largest absolute Gasteiger partial charge is 0.478 e. The second-order valence-electron chi connectivity index (χ2n) is 3.97. The second kappa shape index (κ2) is 5.10. The number of carbonyl (C=O) groups is 1. The Morgan fingerprint density at radius 1 is 1.42 bits per heavy atom. The number of rotatable bonds is 4. The maximum Gasteiger partial charge on any atom is 0.335 e. The molecule has 0 amide bonds. The minimum absolute atomic E-state index is 0.000234. The van der Waals surface area contributed by atoms with E-state index in [1.54, 1.807) is 12.3 Å². The highest BCUT2D eigenvalue weighted by atomic mass is 32.2. The monoisotopic (exact) mass is 297 g/mol. The van der Waals surface area contributed by atoms with Crippen LogP contribution in [0.3, 0.4) is 0 Å².